The Bertz CT molecular complexity index is 1160. The lowest BCUT2D eigenvalue weighted by molar-refractivity contribution is 0.0914. The van der Waals surface area contributed by atoms with Crippen molar-refractivity contribution in [2.45, 2.75) is 46.1 Å². The van der Waals surface area contributed by atoms with Crippen LogP contribution in [-0.4, -0.2) is 31.4 Å². The molecule has 5 nitrogen and oxygen atoms in total. The Kier molecular flexibility index (Phi) is 7.92. The van der Waals surface area contributed by atoms with Crippen molar-refractivity contribution >= 4 is 29.3 Å². The monoisotopic (exact) mass is 456 g/mol. The van der Waals surface area contributed by atoms with Crippen LogP contribution in [0.3, 0.4) is 0 Å². The summed E-state index contributed by atoms with van der Waals surface area (Å²) in [7, 11) is 3.96. The summed E-state index contributed by atoms with van der Waals surface area (Å²) < 4.78 is 5.82. The van der Waals surface area contributed by atoms with Gasteiger partial charge in [-0.15, -0.1) is 12.4 Å². The molecule has 1 amide bonds. The van der Waals surface area contributed by atoms with Crippen LogP contribution in [0.25, 0.3) is 11.0 Å². The third kappa shape index (κ3) is 5.59. The summed E-state index contributed by atoms with van der Waals surface area (Å²) >= 11 is 0. The lowest BCUT2D eigenvalue weighted by Gasteiger charge is -2.26. The number of rotatable bonds is 5. The van der Waals surface area contributed by atoms with Crippen molar-refractivity contribution < 1.29 is 9.21 Å². The maximum atomic E-state index is 12.8. The van der Waals surface area contributed by atoms with Gasteiger partial charge in [-0.2, -0.15) is 0 Å². The Hall–Kier alpha value is -2.63. The molecule has 0 fully saturated rings. The van der Waals surface area contributed by atoms with Crippen LogP contribution in [0.1, 0.15) is 59.6 Å². The van der Waals surface area contributed by atoms with E-state index in [0.717, 1.165) is 16.7 Å². The molecule has 0 aliphatic carbocycles. The van der Waals surface area contributed by atoms with Crippen molar-refractivity contribution in [1.29, 1.82) is 0 Å². The highest BCUT2D eigenvalue weighted by Crippen LogP contribution is 2.25. The lowest BCUT2D eigenvalue weighted by atomic mass is 9.86. The molecule has 3 rings (SSSR count). The Morgan fingerprint density at radius 3 is 2.25 bits per heavy atom. The minimum atomic E-state index is -0.392. The Balaban J connectivity index is 0.00000363. The second kappa shape index (κ2) is 9.88. The Labute approximate surface area is 196 Å². The average molecular weight is 457 g/mol. The number of carbonyl (C=O) groups is 1. The first-order chi connectivity index (χ1) is 14.5. The van der Waals surface area contributed by atoms with Gasteiger partial charge < -0.3 is 14.6 Å². The largest absolute Gasteiger partial charge is 0.450 e. The van der Waals surface area contributed by atoms with Gasteiger partial charge in [-0.3, -0.25) is 9.59 Å². The molecule has 1 atom stereocenters. The number of benzene rings is 2. The molecule has 0 radical (unpaired) electrons. The van der Waals surface area contributed by atoms with Gasteiger partial charge in [-0.25, -0.2) is 0 Å². The highest BCUT2D eigenvalue weighted by molar-refractivity contribution is 5.93. The predicted molar refractivity (Wildman–Crippen MR) is 133 cm³/mol. The molecule has 0 aliphatic rings. The quantitative estimate of drug-likeness (QED) is 0.575. The smallest absolute Gasteiger partial charge is 0.287 e. The molecule has 3 aromatic rings. The first kappa shape index (κ1) is 25.6. The second-order valence-electron chi connectivity index (χ2n) is 9.49. The summed E-state index contributed by atoms with van der Waals surface area (Å²) in [6.45, 7) is 10.8. The van der Waals surface area contributed by atoms with Gasteiger partial charge in [0.05, 0.1) is 11.4 Å². The maximum Gasteiger partial charge on any atom is 0.287 e. The molecule has 1 heterocycles. The molecule has 2 aromatic carbocycles. The maximum absolute atomic E-state index is 12.8. The molecular weight excluding hydrogens is 424 g/mol. The first-order valence-corrected chi connectivity index (χ1v) is 10.6. The van der Waals surface area contributed by atoms with Crippen molar-refractivity contribution in [2.24, 2.45) is 0 Å². The van der Waals surface area contributed by atoms with Crippen molar-refractivity contribution in [3.8, 4) is 0 Å². The molecule has 0 bridgehead atoms. The van der Waals surface area contributed by atoms with Crippen molar-refractivity contribution in [3.05, 3.63) is 80.7 Å². The molecule has 0 saturated heterocycles. The zero-order valence-corrected chi connectivity index (χ0v) is 20.7. The molecule has 0 saturated carbocycles. The van der Waals surface area contributed by atoms with Gasteiger partial charge >= 0.3 is 0 Å². The topological polar surface area (TPSA) is 62.6 Å². The van der Waals surface area contributed by atoms with E-state index in [9.17, 15) is 9.59 Å². The zero-order chi connectivity index (χ0) is 22.9. The van der Waals surface area contributed by atoms with E-state index in [1.165, 1.54) is 11.6 Å². The molecule has 0 spiro atoms. The van der Waals surface area contributed by atoms with Crippen LogP contribution in [-0.2, 0) is 5.41 Å². The number of nitrogens with zero attached hydrogens (tertiary/aromatic N) is 1. The summed E-state index contributed by atoms with van der Waals surface area (Å²) in [5, 5.41) is 3.43. The molecule has 6 heteroatoms. The van der Waals surface area contributed by atoms with Gasteiger partial charge in [0.15, 0.2) is 11.2 Å². The van der Waals surface area contributed by atoms with Gasteiger partial charge in [0, 0.05) is 12.6 Å². The van der Waals surface area contributed by atoms with E-state index in [1.807, 2.05) is 34.0 Å². The van der Waals surface area contributed by atoms with Crippen LogP contribution in [0, 0.1) is 13.8 Å². The number of hydrogen-bond donors (Lipinski definition) is 1. The molecule has 0 aliphatic heterocycles. The van der Waals surface area contributed by atoms with E-state index in [4.69, 9.17) is 4.42 Å². The number of aryl methyl sites for hydroxylation is 2. The third-order valence-corrected chi connectivity index (χ3v) is 5.62. The minimum absolute atomic E-state index is 0. The summed E-state index contributed by atoms with van der Waals surface area (Å²) in [6.07, 6.45) is 0. The van der Waals surface area contributed by atoms with E-state index in [2.05, 4.69) is 55.3 Å². The van der Waals surface area contributed by atoms with Crippen LogP contribution >= 0.6 is 12.4 Å². The number of likely N-dealkylation sites (N-methyl/N-ethyl adjacent to an activating group) is 1. The molecule has 1 aromatic heterocycles. The molecule has 172 valence electrons. The summed E-state index contributed by atoms with van der Waals surface area (Å²) in [5.41, 5.74) is 4.55. The highest BCUT2D eigenvalue weighted by Gasteiger charge is 2.20. The second-order valence-corrected chi connectivity index (χ2v) is 9.49. The van der Waals surface area contributed by atoms with Crippen molar-refractivity contribution in [1.82, 2.24) is 10.2 Å². The van der Waals surface area contributed by atoms with E-state index < -0.39 is 5.91 Å². The SMILES string of the molecule is Cc1cc(C)c2oc(C(=O)NCC(c3ccc(C(C)(C)C)cc3)N(C)C)cc(=O)c2c1.Cl. The van der Waals surface area contributed by atoms with E-state index in [-0.39, 0.29) is 35.1 Å². The summed E-state index contributed by atoms with van der Waals surface area (Å²) in [5.74, 6) is -0.359. The third-order valence-electron chi connectivity index (χ3n) is 5.62. The Morgan fingerprint density at radius 1 is 1.06 bits per heavy atom. The zero-order valence-electron chi connectivity index (χ0n) is 19.9. The van der Waals surface area contributed by atoms with Gasteiger partial charge in [-0.1, -0.05) is 51.1 Å². The van der Waals surface area contributed by atoms with Crippen LogP contribution in [0.2, 0.25) is 0 Å². The van der Waals surface area contributed by atoms with E-state index in [0.29, 0.717) is 17.5 Å². The van der Waals surface area contributed by atoms with Crippen LogP contribution < -0.4 is 10.7 Å². The van der Waals surface area contributed by atoms with E-state index >= 15 is 0 Å². The van der Waals surface area contributed by atoms with Crippen LogP contribution in [0.5, 0.6) is 0 Å². The van der Waals surface area contributed by atoms with Gasteiger partial charge in [0.1, 0.15) is 5.58 Å². The van der Waals surface area contributed by atoms with Crippen LogP contribution in [0.15, 0.2) is 51.7 Å². The number of carbonyl (C=O) groups excluding carboxylic acids is 1. The molecule has 1 N–H and O–H groups in total. The van der Waals surface area contributed by atoms with Crippen molar-refractivity contribution in [3.63, 3.8) is 0 Å². The lowest BCUT2D eigenvalue weighted by Crippen LogP contribution is -2.35. The fraction of sp³-hybridized carbons (Fsp3) is 0.385. The summed E-state index contributed by atoms with van der Waals surface area (Å²) in [4.78, 5) is 27.4. The van der Waals surface area contributed by atoms with E-state index in [1.54, 1.807) is 6.07 Å². The average Bonchev–Trinajstić information content (AvgIpc) is 2.68. The van der Waals surface area contributed by atoms with Crippen LogP contribution in [0.4, 0.5) is 0 Å². The minimum Gasteiger partial charge on any atom is -0.450 e. The fourth-order valence-electron chi connectivity index (χ4n) is 3.80. The van der Waals surface area contributed by atoms with Gasteiger partial charge in [0.25, 0.3) is 5.91 Å². The first-order valence-electron chi connectivity index (χ1n) is 10.6. The fourth-order valence-corrected chi connectivity index (χ4v) is 3.80. The summed E-state index contributed by atoms with van der Waals surface area (Å²) in [6, 6.07) is 13.5. The normalized spacial score (nSPS) is 12.5. The van der Waals surface area contributed by atoms with Crippen molar-refractivity contribution in [2.75, 3.05) is 20.6 Å². The molecular formula is C26H33ClN2O3. The molecule has 1 unspecified atom stereocenters. The number of fused-ring (bicyclic) bond motifs is 1. The standard InChI is InChI=1S/C26H32N2O3.ClH/c1-16-12-17(2)24-20(13-16)22(29)14-23(31-24)25(30)27-15-21(28(6)7)18-8-10-19(11-9-18)26(3,4)5;/h8-14,21H,15H2,1-7H3,(H,27,30);1H. The van der Waals surface area contributed by atoms with Gasteiger partial charge in [0.2, 0.25) is 0 Å². The predicted octanol–water partition coefficient (Wildman–Crippen LogP) is 5.16. The highest BCUT2D eigenvalue weighted by atomic mass is 35.5. The number of hydrogen-bond acceptors (Lipinski definition) is 4. The number of nitrogens with one attached hydrogen (secondary N) is 1. The number of halogens is 1. The van der Waals surface area contributed by atoms with Gasteiger partial charge in [-0.05, 0) is 61.7 Å². The molecule has 32 heavy (non-hydrogen) atoms. The Morgan fingerprint density at radius 2 is 1.69 bits per heavy atom. The number of amides is 1.